The first kappa shape index (κ1) is 51.0. The zero-order valence-electron chi connectivity index (χ0n) is 48.5. The van der Waals surface area contributed by atoms with Crippen molar-refractivity contribution in [3.8, 4) is 61.3 Å². The Morgan fingerprint density at radius 1 is 0.262 bits per heavy atom. The summed E-state index contributed by atoms with van der Waals surface area (Å²) in [6.07, 6.45) is 0. The fraction of sp³-hybridized carbons (Fsp3) is 0.100. The first-order valence-electron chi connectivity index (χ1n) is 29.6. The van der Waals surface area contributed by atoms with E-state index in [0.29, 0.717) is 0 Å². The Labute approximate surface area is 494 Å². The van der Waals surface area contributed by atoms with E-state index in [9.17, 15) is 0 Å². The molecule has 13 aromatic rings. The fourth-order valence-electron chi connectivity index (χ4n) is 13.3. The van der Waals surface area contributed by atoms with E-state index in [1.54, 1.807) is 0 Å². The standard InChI is InChI=1S/C80H64BN3/c1-79(2,3)63-37-39-70-74(51-63)83(66-44-58(53-24-12-7-13-25-53)42-59(45-66)54-26-14-8-15-27-54)76-49-62(57-36-41-73-69(48-57)68-34-22-23-35-72(68)82(73)65-32-20-11-21-33-65)50-77-78(76)81(70)71-40-38-64(80(4,5)6)52-75(71)84(77)67-46-60(55-28-16-9-17-29-55)43-61(47-67)56-30-18-10-19-31-56/h7-52H,1-6H3. The van der Waals surface area contributed by atoms with E-state index in [1.165, 1.54) is 117 Å². The van der Waals surface area contributed by atoms with Crippen molar-refractivity contribution in [2.75, 3.05) is 9.80 Å². The average Bonchev–Trinajstić information content (AvgIpc) is 1.32. The van der Waals surface area contributed by atoms with Crippen LogP contribution < -0.4 is 26.2 Å². The van der Waals surface area contributed by atoms with Crippen molar-refractivity contribution in [1.82, 2.24) is 4.57 Å². The van der Waals surface area contributed by atoms with Gasteiger partial charge in [-0.2, -0.15) is 0 Å². The second-order valence-corrected chi connectivity index (χ2v) is 25.0. The van der Waals surface area contributed by atoms with Crippen LogP contribution >= 0.6 is 0 Å². The molecule has 402 valence electrons. The fourth-order valence-corrected chi connectivity index (χ4v) is 13.3. The van der Waals surface area contributed by atoms with Crippen LogP contribution in [0.15, 0.2) is 279 Å². The maximum absolute atomic E-state index is 2.63. The Hall–Kier alpha value is -9.90. The number of nitrogens with zero attached hydrogens (tertiary/aromatic N) is 3. The number of rotatable bonds is 8. The molecule has 2 aliphatic heterocycles. The maximum Gasteiger partial charge on any atom is 0.252 e. The molecule has 0 spiro atoms. The first-order valence-corrected chi connectivity index (χ1v) is 29.6. The van der Waals surface area contributed by atoms with Crippen LogP contribution in [0.3, 0.4) is 0 Å². The number of para-hydroxylation sites is 2. The van der Waals surface area contributed by atoms with Crippen molar-refractivity contribution in [1.29, 1.82) is 0 Å². The molecular weight excluding hydrogens is 1010 g/mol. The van der Waals surface area contributed by atoms with Gasteiger partial charge >= 0.3 is 0 Å². The summed E-state index contributed by atoms with van der Waals surface area (Å²) in [5, 5.41) is 2.45. The average molecular weight is 1080 g/mol. The second kappa shape index (κ2) is 19.9. The van der Waals surface area contributed by atoms with Gasteiger partial charge in [-0.15, -0.1) is 0 Å². The minimum atomic E-state index is -0.119. The summed E-state index contributed by atoms with van der Waals surface area (Å²) < 4.78 is 2.42. The molecule has 12 aromatic carbocycles. The molecule has 0 N–H and O–H groups in total. The minimum absolute atomic E-state index is 0.0901. The lowest BCUT2D eigenvalue weighted by molar-refractivity contribution is 0.590. The number of aromatic nitrogens is 1. The van der Waals surface area contributed by atoms with Crippen molar-refractivity contribution in [2.24, 2.45) is 0 Å². The summed E-state index contributed by atoms with van der Waals surface area (Å²) >= 11 is 0. The molecule has 0 atom stereocenters. The van der Waals surface area contributed by atoms with E-state index in [-0.39, 0.29) is 17.5 Å². The molecule has 0 saturated heterocycles. The molecule has 84 heavy (non-hydrogen) atoms. The smallest absolute Gasteiger partial charge is 0.252 e. The van der Waals surface area contributed by atoms with E-state index in [2.05, 4.69) is 335 Å². The molecule has 0 fully saturated rings. The van der Waals surface area contributed by atoms with Crippen molar-refractivity contribution in [3.05, 3.63) is 290 Å². The summed E-state index contributed by atoms with van der Waals surface area (Å²) in [7, 11) is 0. The van der Waals surface area contributed by atoms with E-state index >= 15 is 0 Å². The number of hydrogen-bond donors (Lipinski definition) is 0. The molecular formula is C80H64BN3. The van der Waals surface area contributed by atoms with Gasteiger partial charge in [0.2, 0.25) is 0 Å². The van der Waals surface area contributed by atoms with Gasteiger partial charge < -0.3 is 14.4 Å². The Morgan fingerprint density at radius 3 is 1.07 bits per heavy atom. The Morgan fingerprint density at radius 2 is 0.643 bits per heavy atom. The summed E-state index contributed by atoms with van der Waals surface area (Å²) in [6.45, 7) is 14.0. The molecule has 0 radical (unpaired) electrons. The number of fused-ring (bicyclic) bond motifs is 7. The lowest BCUT2D eigenvalue weighted by Gasteiger charge is -2.45. The minimum Gasteiger partial charge on any atom is -0.311 e. The van der Waals surface area contributed by atoms with Crippen LogP contribution in [0.4, 0.5) is 34.1 Å². The molecule has 15 rings (SSSR count). The van der Waals surface area contributed by atoms with Crippen LogP contribution in [0.2, 0.25) is 0 Å². The summed E-state index contributed by atoms with van der Waals surface area (Å²) in [4.78, 5) is 5.26. The predicted octanol–water partition coefficient (Wildman–Crippen LogP) is 19.8. The summed E-state index contributed by atoms with van der Waals surface area (Å²) in [6, 6.07) is 105. The summed E-state index contributed by atoms with van der Waals surface area (Å²) in [5.41, 5.74) is 28.4. The van der Waals surface area contributed by atoms with Gasteiger partial charge in [-0.3, -0.25) is 0 Å². The molecule has 0 unspecified atom stereocenters. The highest BCUT2D eigenvalue weighted by molar-refractivity contribution is 7.00. The highest BCUT2D eigenvalue weighted by Gasteiger charge is 2.45. The molecule has 4 heteroatoms. The largest absolute Gasteiger partial charge is 0.311 e. The van der Waals surface area contributed by atoms with E-state index in [4.69, 9.17) is 0 Å². The molecule has 3 heterocycles. The van der Waals surface area contributed by atoms with Crippen molar-refractivity contribution in [2.45, 2.75) is 52.4 Å². The zero-order chi connectivity index (χ0) is 56.8. The SMILES string of the molecule is CC(C)(C)c1ccc2c(c1)N(c1cc(-c3ccccc3)cc(-c3ccccc3)c1)c1cc(-c3ccc4c(c3)c3ccccc3n4-c3ccccc3)cc3c1B2c1ccc(C(C)(C)C)cc1N3c1cc(-c2ccccc2)cc(-c2ccccc2)c1. The molecule has 0 aliphatic carbocycles. The van der Waals surface area contributed by atoms with Gasteiger partial charge in [0.05, 0.1) is 11.0 Å². The van der Waals surface area contributed by atoms with Crippen LogP contribution in [-0.2, 0) is 10.8 Å². The van der Waals surface area contributed by atoms with Crippen LogP contribution in [0.1, 0.15) is 52.7 Å². The van der Waals surface area contributed by atoms with Gasteiger partial charge in [-0.1, -0.05) is 230 Å². The molecule has 0 amide bonds. The number of anilines is 6. The Bertz CT molecular complexity index is 4330. The van der Waals surface area contributed by atoms with Crippen LogP contribution in [0, 0.1) is 0 Å². The van der Waals surface area contributed by atoms with Gasteiger partial charge in [0.25, 0.3) is 6.71 Å². The van der Waals surface area contributed by atoms with Gasteiger partial charge in [-0.25, -0.2) is 0 Å². The molecule has 1 aromatic heterocycles. The third-order valence-corrected chi connectivity index (χ3v) is 17.6. The Balaban J connectivity index is 1.08. The molecule has 0 bridgehead atoms. The molecule has 2 aliphatic rings. The number of hydrogen-bond acceptors (Lipinski definition) is 2. The van der Waals surface area contributed by atoms with E-state index in [0.717, 1.165) is 28.2 Å². The lowest BCUT2D eigenvalue weighted by Crippen LogP contribution is -2.61. The highest BCUT2D eigenvalue weighted by Crippen LogP contribution is 2.50. The zero-order valence-corrected chi connectivity index (χ0v) is 48.5. The molecule has 0 saturated carbocycles. The lowest BCUT2D eigenvalue weighted by atomic mass is 9.33. The third kappa shape index (κ3) is 8.75. The van der Waals surface area contributed by atoms with Crippen molar-refractivity contribution in [3.63, 3.8) is 0 Å². The molecule has 3 nitrogen and oxygen atoms in total. The monoisotopic (exact) mass is 1080 g/mol. The van der Waals surface area contributed by atoms with Crippen LogP contribution in [0.5, 0.6) is 0 Å². The van der Waals surface area contributed by atoms with Crippen molar-refractivity contribution >= 4 is 79.0 Å². The van der Waals surface area contributed by atoms with Crippen molar-refractivity contribution < 1.29 is 0 Å². The highest BCUT2D eigenvalue weighted by atomic mass is 15.2. The van der Waals surface area contributed by atoms with Crippen LogP contribution in [-0.4, -0.2) is 11.3 Å². The maximum atomic E-state index is 2.63. The Kier molecular flexibility index (Phi) is 12.1. The quantitative estimate of drug-likeness (QED) is 0.141. The van der Waals surface area contributed by atoms with Gasteiger partial charge in [0, 0.05) is 50.6 Å². The summed E-state index contributed by atoms with van der Waals surface area (Å²) in [5.74, 6) is 0. The van der Waals surface area contributed by atoms with Gasteiger partial charge in [0.1, 0.15) is 0 Å². The van der Waals surface area contributed by atoms with E-state index < -0.39 is 0 Å². The van der Waals surface area contributed by atoms with Crippen LogP contribution in [0.25, 0.3) is 83.1 Å². The third-order valence-electron chi connectivity index (χ3n) is 17.6. The predicted molar refractivity (Wildman–Crippen MR) is 359 cm³/mol. The topological polar surface area (TPSA) is 11.4 Å². The normalized spacial score (nSPS) is 12.8. The first-order chi connectivity index (χ1) is 40.9. The van der Waals surface area contributed by atoms with Gasteiger partial charge in [0.15, 0.2) is 0 Å². The second-order valence-electron chi connectivity index (χ2n) is 25.0. The number of benzene rings is 12. The van der Waals surface area contributed by atoms with E-state index in [1.807, 2.05) is 0 Å². The van der Waals surface area contributed by atoms with Gasteiger partial charge in [-0.05, 0) is 185 Å².